The van der Waals surface area contributed by atoms with E-state index in [4.69, 9.17) is 4.42 Å². The second-order valence-corrected chi connectivity index (χ2v) is 7.71. The van der Waals surface area contributed by atoms with Crippen LogP contribution in [0, 0.1) is 6.92 Å². The van der Waals surface area contributed by atoms with Gasteiger partial charge in [-0.3, -0.25) is 4.79 Å². The summed E-state index contributed by atoms with van der Waals surface area (Å²) in [5, 5.41) is 2.85. The first-order valence-electron chi connectivity index (χ1n) is 9.13. The monoisotopic (exact) mass is 391 g/mol. The third-order valence-corrected chi connectivity index (χ3v) is 5.82. The predicted molar refractivity (Wildman–Crippen MR) is 112 cm³/mol. The zero-order valence-corrected chi connectivity index (χ0v) is 16.9. The minimum Gasteiger partial charge on any atom is -0.459 e. The van der Waals surface area contributed by atoms with Crippen LogP contribution in [-0.4, -0.2) is 33.6 Å². The summed E-state index contributed by atoms with van der Waals surface area (Å²) in [5.41, 5.74) is 1.73. The highest BCUT2D eigenvalue weighted by atomic mass is 32.2. The molecule has 6 heteroatoms. The van der Waals surface area contributed by atoms with Crippen molar-refractivity contribution < 1.29 is 9.21 Å². The van der Waals surface area contributed by atoms with Crippen molar-refractivity contribution in [1.82, 2.24) is 14.9 Å². The van der Waals surface area contributed by atoms with Crippen molar-refractivity contribution in [2.75, 3.05) is 12.8 Å². The van der Waals surface area contributed by atoms with E-state index in [2.05, 4.69) is 9.97 Å². The lowest BCUT2D eigenvalue weighted by Gasteiger charge is -2.23. The number of para-hydroxylation sites is 2. The Morgan fingerprint density at radius 3 is 2.71 bits per heavy atom. The van der Waals surface area contributed by atoms with Gasteiger partial charge in [-0.05, 0) is 32.0 Å². The number of hydrogen-bond acceptors (Lipinski definition) is 5. The maximum Gasteiger partial charge on any atom is 0.233 e. The van der Waals surface area contributed by atoms with Crippen molar-refractivity contribution in [1.29, 1.82) is 0 Å². The summed E-state index contributed by atoms with van der Waals surface area (Å²) in [4.78, 5) is 23.5. The number of nitrogens with zero attached hydrogens (tertiary/aromatic N) is 3. The molecule has 0 saturated heterocycles. The summed E-state index contributed by atoms with van der Waals surface area (Å²) < 4.78 is 5.92. The number of rotatable bonds is 5. The van der Waals surface area contributed by atoms with Gasteiger partial charge >= 0.3 is 0 Å². The SMILES string of the molecule is Cc1nc(SCC(=O)N(C)C(C)c2cc3ccccc3o2)c2ccccc2n1. The Hall–Kier alpha value is -2.86. The molecule has 2 heterocycles. The summed E-state index contributed by atoms with van der Waals surface area (Å²) in [5.74, 6) is 1.82. The minimum atomic E-state index is -0.149. The van der Waals surface area contributed by atoms with Gasteiger partial charge in [0.05, 0.1) is 17.3 Å². The van der Waals surface area contributed by atoms with Crippen LogP contribution < -0.4 is 0 Å². The molecule has 4 rings (SSSR count). The molecule has 142 valence electrons. The first-order valence-corrected chi connectivity index (χ1v) is 10.1. The maximum absolute atomic E-state index is 12.8. The lowest BCUT2D eigenvalue weighted by molar-refractivity contribution is -0.129. The molecular weight excluding hydrogens is 370 g/mol. The average molecular weight is 391 g/mol. The summed E-state index contributed by atoms with van der Waals surface area (Å²) in [6, 6.07) is 17.6. The molecule has 2 aromatic heterocycles. The molecular formula is C22H21N3O2S. The fourth-order valence-electron chi connectivity index (χ4n) is 3.12. The van der Waals surface area contributed by atoms with Crippen molar-refractivity contribution >= 4 is 39.5 Å². The van der Waals surface area contributed by atoms with E-state index >= 15 is 0 Å². The smallest absolute Gasteiger partial charge is 0.233 e. The quantitative estimate of drug-likeness (QED) is 0.354. The molecule has 1 amide bonds. The first kappa shape index (κ1) is 18.5. The molecule has 0 aliphatic heterocycles. The molecule has 0 aliphatic rings. The van der Waals surface area contributed by atoms with Crippen LogP contribution in [-0.2, 0) is 4.79 Å². The van der Waals surface area contributed by atoms with Gasteiger partial charge in [-0.25, -0.2) is 9.97 Å². The van der Waals surface area contributed by atoms with Crippen molar-refractivity contribution in [2.45, 2.75) is 24.9 Å². The number of aromatic nitrogens is 2. The predicted octanol–water partition coefficient (Wildman–Crippen LogP) is 5.00. The Morgan fingerprint density at radius 1 is 1.14 bits per heavy atom. The second kappa shape index (κ2) is 7.64. The van der Waals surface area contributed by atoms with E-state index in [1.54, 1.807) is 4.90 Å². The fourth-order valence-corrected chi connectivity index (χ4v) is 4.10. The van der Waals surface area contributed by atoms with Crippen LogP contribution in [0.25, 0.3) is 21.9 Å². The lowest BCUT2D eigenvalue weighted by atomic mass is 10.2. The molecule has 5 nitrogen and oxygen atoms in total. The summed E-state index contributed by atoms with van der Waals surface area (Å²) >= 11 is 1.45. The zero-order chi connectivity index (χ0) is 19.7. The molecule has 1 atom stereocenters. The van der Waals surface area contributed by atoms with Crippen LogP contribution in [0.1, 0.15) is 24.6 Å². The van der Waals surface area contributed by atoms with Gasteiger partial charge in [-0.1, -0.05) is 48.2 Å². The van der Waals surface area contributed by atoms with Crippen LogP contribution in [0.4, 0.5) is 0 Å². The van der Waals surface area contributed by atoms with Crippen LogP contribution in [0.15, 0.2) is 64.0 Å². The van der Waals surface area contributed by atoms with Crippen LogP contribution in [0.2, 0.25) is 0 Å². The number of thioether (sulfide) groups is 1. The van der Waals surface area contributed by atoms with Gasteiger partial charge in [-0.15, -0.1) is 0 Å². The zero-order valence-electron chi connectivity index (χ0n) is 16.0. The molecule has 0 spiro atoms. The number of aryl methyl sites for hydroxylation is 1. The van der Waals surface area contributed by atoms with E-state index in [1.165, 1.54) is 11.8 Å². The van der Waals surface area contributed by atoms with Crippen LogP contribution >= 0.6 is 11.8 Å². The van der Waals surface area contributed by atoms with Gasteiger partial charge in [0.1, 0.15) is 22.2 Å². The van der Waals surface area contributed by atoms with Crippen molar-refractivity contribution in [3.8, 4) is 0 Å². The van der Waals surface area contributed by atoms with Crippen molar-refractivity contribution in [3.05, 3.63) is 66.2 Å². The fraction of sp³-hybridized carbons (Fsp3) is 0.227. The van der Waals surface area contributed by atoms with Crippen molar-refractivity contribution in [2.24, 2.45) is 0 Å². The first-order chi connectivity index (χ1) is 13.5. The molecule has 2 aromatic carbocycles. The standard InChI is InChI=1S/C22H21N3O2S/c1-14(20-12-16-8-4-7-11-19(16)27-20)25(3)21(26)13-28-22-17-9-5-6-10-18(17)23-15(2)24-22/h4-12,14H,13H2,1-3H3. The van der Waals surface area contributed by atoms with E-state index in [1.807, 2.05) is 75.5 Å². The Labute approximate surface area is 167 Å². The Morgan fingerprint density at radius 2 is 1.89 bits per heavy atom. The summed E-state index contributed by atoms with van der Waals surface area (Å²) in [7, 11) is 1.81. The van der Waals surface area contributed by atoms with Gasteiger partial charge < -0.3 is 9.32 Å². The molecule has 1 unspecified atom stereocenters. The molecule has 0 radical (unpaired) electrons. The topological polar surface area (TPSA) is 59.2 Å². The minimum absolute atomic E-state index is 0.0262. The number of furan rings is 1. The highest BCUT2D eigenvalue weighted by molar-refractivity contribution is 8.00. The average Bonchev–Trinajstić information content (AvgIpc) is 3.14. The summed E-state index contributed by atoms with van der Waals surface area (Å²) in [6.45, 7) is 3.85. The Balaban J connectivity index is 1.49. The highest BCUT2D eigenvalue weighted by Crippen LogP contribution is 2.29. The van der Waals surface area contributed by atoms with E-state index < -0.39 is 0 Å². The van der Waals surface area contributed by atoms with Gasteiger partial charge in [0.15, 0.2) is 0 Å². The number of hydrogen-bond donors (Lipinski definition) is 0. The van der Waals surface area contributed by atoms with Gasteiger partial charge in [0.25, 0.3) is 0 Å². The highest BCUT2D eigenvalue weighted by Gasteiger charge is 2.21. The van der Waals surface area contributed by atoms with Gasteiger partial charge in [-0.2, -0.15) is 0 Å². The van der Waals surface area contributed by atoms with Crippen LogP contribution in [0.3, 0.4) is 0 Å². The van der Waals surface area contributed by atoms with Crippen molar-refractivity contribution in [3.63, 3.8) is 0 Å². The van der Waals surface area contributed by atoms with E-state index in [-0.39, 0.29) is 11.9 Å². The maximum atomic E-state index is 12.8. The number of carbonyl (C=O) groups is 1. The Kier molecular flexibility index (Phi) is 5.05. The van der Waals surface area contributed by atoms with Crippen LogP contribution in [0.5, 0.6) is 0 Å². The molecule has 0 bridgehead atoms. The third kappa shape index (κ3) is 3.60. The molecule has 0 saturated carbocycles. The lowest BCUT2D eigenvalue weighted by Crippen LogP contribution is -2.30. The van der Waals surface area contributed by atoms with E-state index in [0.29, 0.717) is 11.6 Å². The largest absolute Gasteiger partial charge is 0.459 e. The Bertz CT molecular complexity index is 1120. The third-order valence-electron chi connectivity index (χ3n) is 4.84. The van der Waals surface area contributed by atoms with Gasteiger partial charge in [0.2, 0.25) is 5.91 Å². The van der Waals surface area contributed by atoms with E-state index in [0.717, 1.165) is 32.7 Å². The van der Waals surface area contributed by atoms with Gasteiger partial charge in [0, 0.05) is 17.8 Å². The summed E-state index contributed by atoms with van der Waals surface area (Å²) in [6.07, 6.45) is 0. The second-order valence-electron chi connectivity index (χ2n) is 6.75. The molecule has 0 N–H and O–H groups in total. The molecule has 0 aliphatic carbocycles. The number of fused-ring (bicyclic) bond motifs is 2. The molecule has 0 fully saturated rings. The normalized spacial score (nSPS) is 12.4. The number of carbonyl (C=O) groups excluding carboxylic acids is 1. The number of benzene rings is 2. The molecule has 4 aromatic rings. The van der Waals surface area contributed by atoms with E-state index in [9.17, 15) is 4.79 Å². The molecule has 28 heavy (non-hydrogen) atoms. The number of amides is 1.